The van der Waals surface area contributed by atoms with E-state index >= 15 is 0 Å². The fourth-order valence-electron chi connectivity index (χ4n) is 0.831. The highest BCUT2D eigenvalue weighted by Gasteiger charge is 1.94. The molecule has 12 heavy (non-hydrogen) atoms. The van der Waals surface area contributed by atoms with E-state index in [9.17, 15) is 4.79 Å². The quantitative estimate of drug-likeness (QED) is 0.582. The second kappa shape index (κ2) is 3.73. The molecule has 0 aromatic heterocycles. The third-order valence-corrected chi connectivity index (χ3v) is 1.33. The summed E-state index contributed by atoms with van der Waals surface area (Å²) in [5.74, 6) is -0.111. The van der Waals surface area contributed by atoms with E-state index in [1.165, 1.54) is 6.92 Å². The predicted molar refractivity (Wildman–Crippen MR) is 46.2 cm³/mol. The standard InChI is InChI=1S/C8H10N2O2/c1-6(11)9-7-2-4-8(10-12)5-3-7/h2-5,10,12H,1H3,(H,9,11). The first kappa shape index (κ1) is 8.55. The number of rotatable bonds is 2. The summed E-state index contributed by atoms with van der Waals surface area (Å²) in [6.45, 7) is 1.44. The van der Waals surface area contributed by atoms with Crippen LogP contribution in [0.2, 0.25) is 0 Å². The number of amides is 1. The molecular formula is C8H10N2O2. The summed E-state index contributed by atoms with van der Waals surface area (Å²) in [5.41, 5.74) is 3.29. The number of carbonyl (C=O) groups is 1. The lowest BCUT2D eigenvalue weighted by Crippen LogP contribution is -2.05. The van der Waals surface area contributed by atoms with Crippen molar-refractivity contribution in [1.82, 2.24) is 0 Å². The van der Waals surface area contributed by atoms with Crippen molar-refractivity contribution in [3.05, 3.63) is 24.3 Å². The third kappa shape index (κ3) is 2.25. The van der Waals surface area contributed by atoms with Crippen molar-refractivity contribution in [3.8, 4) is 0 Å². The van der Waals surface area contributed by atoms with Crippen LogP contribution in [0.25, 0.3) is 0 Å². The Labute approximate surface area is 70.2 Å². The molecule has 0 aliphatic carbocycles. The minimum atomic E-state index is -0.111. The Hall–Kier alpha value is -1.55. The summed E-state index contributed by atoms with van der Waals surface area (Å²) in [4.78, 5) is 10.6. The zero-order valence-electron chi connectivity index (χ0n) is 6.66. The van der Waals surface area contributed by atoms with Gasteiger partial charge in [0.1, 0.15) is 0 Å². The molecule has 1 aromatic carbocycles. The van der Waals surface area contributed by atoms with Crippen molar-refractivity contribution in [1.29, 1.82) is 0 Å². The fraction of sp³-hybridized carbons (Fsp3) is 0.125. The maximum Gasteiger partial charge on any atom is 0.221 e. The normalized spacial score (nSPS) is 9.17. The van der Waals surface area contributed by atoms with E-state index in [-0.39, 0.29) is 5.91 Å². The minimum Gasteiger partial charge on any atom is -0.326 e. The highest BCUT2D eigenvalue weighted by atomic mass is 16.5. The maximum atomic E-state index is 10.6. The van der Waals surface area contributed by atoms with Gasteiger partial charge in [-0.1, -0.05) is 0 Å². The predicted octanol–water partition coefficient (Wildman–Crippen LogP) is 1.45. The average molecular weight is 166 g/mol. The van der Waals surface area contributed by atoms with Gasteiger partial charge >= 0.3 is 0 Å². The molecule has 0 fully saturated rings. The molecule has 3 N–H and O–H groups in total. The third-order valence-electron chi connectivity index (χ3n) is 1.33. The molecule has 0 aliphatic rings. The smallest absolute Gasteiger partial charge is 0.221 e. The van der Waals surface area contributed by atoms with Gasteiger partial charge in [-0.25, -0.2) is 0 Å². The van der Waals surface area contributed by atoms with E-state index in [1.807, 2.05) is 5.48 Å². The molecule has 0 spiro atoms. The molecule has 1 amide bonds. The SMILES string of the molecule is CC(=O)Nc1ccc(NO)cc1. The van der Waals surface area contributed by atoms with Crippen LogP contribution in [0.4, 0.5) is 11.4 Å². The number of hydrogen-bond donors (Lipinski definition) is 3. The van der Waals surface area contributed by atoms with Crippen LogP contribution in [0.1, 0.15) is 6.92 Å². The van der Waals surface area contributed by atoms with Gasteiger partial charge in [-0.2, -0.15) is 0 Å². The zero-order valence-corrected chi connectivity index (χ0v) is 6.66. The van der Waals surface area contributed by atoms with Crippen LogP contribution in [0.3, 0.4) is 0 Å². The second-order valence-electron chi connectivity index (χ2n) is 2.37. The molecule has 0 heterocycles. The van der Waals surface area contributed by atoms with Gasteiger partial charge in [0.2, 0.25) is 5.91 Å². The van der Waals surface area contributed by atoms with E-state index in [0.717, 1.165) is 0 Å². The van der Waals surface area contributed by atoms with Gasteiger partial charge in [-0.15, -0.1) is 0 Å². The van der Waals surface area contributed by atoms with Crippen molar-refractivity contribution >= 4 is 17.3 Å². The lowest BCUT2D eigenvalue weighted by atomic mass is 10.3. The van der Waals surface area contributed by atoms with Crippen LogP contribution < -0.4 is 10.8 Å². The zero-order chi connectivity index (χ0) is 8.97. The van der Waals surface area contributed by atoms with E-state index in [0.29, 0.717) is 11.4 Å². The molecule has 0 aliphatic heterocycles. The van der Waals surface area contributed by atoms with E-state index in [4.69, 9.17) is 5.21 Å². The first-order valence-electron chi connectivity index (χ1n) is 3.50. The number of hydrogen-bond acceptors (Lipinski definition) is 3. The summed E-state index contributed by atoms with van der Waals surface area (Å²) in [7, 11) is 0. The number of anilines is 2. The molecule has 0 atom stereocenters. The van der Waals surface area contributed by atoms with Crippen molar-refractivity contribution < 1.29 is 10.0 Å². The number of carbonyl (C=O) groups excluding carboxylic acids is 1. The largest absolute Gasteiger partial charge is 0.326 e. The molecule has 1 aromatic rings. The van der Waals surface area contributed by atoms with Gasteiger partial charge in [0.05, 0.1) is 5.69 Å². The summed E-state index contributed by atoms with van der Waals surface area (Å²) in [6, 6.07) is 6.70. The second-order valence-corrected chi connectivity index (χ2v) is 2.37. The topological polar surface area (TPSA) is 61.4 Å². The van der Waals surface area contributed by atoms with Gasteiger partial charge < -0.3 is 5.32 Å². The van der Waals surface area contributed by atoms with Crippen molar-refractivity contribution in [2.24, 2.45) is 0 Å². The number of nitrogens with one attached hydrogen (secondary N) is 2. The van der Waals surface area contributed by atoms with E-state index in [1.54, 1.807) is 24.3 Å². The Balaban J connectivity index is 2.71. The Kier molecular flexibility index (Phi) is 2.66. The Morgan fingerprint density at radius 3 is 2.17 bits per heavy atom. The molecule has 0 radical (unpaired) electrons. The minimum absolute atomic E-state index is 0.111. The van der Waals surface area contributed by atoms with Crippen LogP contribution in [0, 0.1) is 0 Å². The van der Waals surface area contributed by atoms with Crippen LogP contribution in [-0.2, 0) is 4.79 Å². The highest BCUT2D eigenvalue weighted by molar-refractivity contribution is 5.88. The van der Waals surface area contributed by atoms with Gasteiger partial charge in [0, 0.05) is 12.6 Å². The summed E-state index contributed by atoms with van der Waals surface area (Å²) in [6.07, 6.45) is 0. The van der Waals surface area contributed by atoms with Crippen LogP contribution in [0.5, 0.6) is 0 Å². The maximum absolute atomic E-state index is 10.6. The fourth-order valence-corrected chi connectivity index (χ4v) is 0.831. The summed E-state index contributed by atoms with van der Waals surface area (Å²) < 4.78 is 0. The monoisotopic (exact) mass is 166 g/mol. The van der Waals surface area contributed by atoms with E-state index < -0.39 is 0 Å². The molecule has 0 saturated carbocycles. The lowest BCUT2D eigenvalue weighted by Gasteiger charge is -2.02. The molecule has 0 unspecified atom stereocenters. The van der Waals surface area contributed by atoms with Crippen LogP contribution in [0.15, 0.2) is 24.3 Å². The molecule has 4 heteroatoms. The molecule has 0 bridgehead atoms. The number of benzene rings is 1. The molecule has 1 rings (SSSR count). The Bertz CT molecular complexity index is 269. The molecule has 0 saturated heterocycles. The molecule has 4 nitrogen and oxygen atoms in total. The molecular weight excluding hydrogens is 156 g/mol. The van der Waals surface area contributed by atoms with Crippen LogP contribution in [-0.4, -0.2) is 11.1 Å². The lowest BCUT2D eigenvalue weighted by molar-refractivity contribution is -0.114. The Morgan fingerprint density at radius 1 is 1.25 bits per heavy atom. The van der Waals surface area contributed by atoms with Crippen molar-refractivity contribution in [2.75, 3.05) is 10.8 Å². The summed E-state index contributed by atoms with van der Waals surface area (Å²) in [5, 5.41) is 11.1. The van der Waals surface area contributed by atoms with Gasteiger partial charge in [-0.05, 0) is 24.3 Å². The first-order chi connectivity index (χ1) is 5.72. The Morgan fingerprint density at radius 2 is 1.75 bits per heavy atom. The van der Waals surface area contributed by atoms with Gasteiger partial charge in [0.25, 0.3) is 0 Å². The van der Waals surface area contributed by atoms with Gasteiger partial charge in [0.15, 0.2) is 0 Å². The van der Waals surface area contributed by atoms with Crippen molar-refractivity contribution in [3.63, 3.8) is 0 Å². The highest BCUT2D eigenvalue weighted by Crippen LogP contribution is 2.12. The van der Waals surface area contributed by atoms with Gasteiger partial charge in [-0.3, -0.25) is 15.5 Å². The molecule has 64 valence electrons. The first-order valence-corrected chi connectivity index (χ1v) is 3.50. The summed E-state index contributed by atoms with van der Waals surface area (Å²) >= 11 is 0. The van der Waals surface area contributed by atoms with Crippen LogP contribution >= 0.6 is 0 Å². The average Bonchev–Trinajstić information content (AvgIpc) is 2.05. The van der Waals surface area contributed by atoms with Crippen molar-refractivity contribution in [2.45, 2.75) is 6.92 Å². The van der Waals surface area contributed by atoms with E-state index in [2.05, 4.69) is 5.32 Å².